The van der Waals surface area contributed by atoms with E-state index in [-0.39, 0.29) is 0 Å². The van der Waals surface area contributed by atoms with Gasteiger partial charge in [0.05, 0.1) is 22.7 Å². The Morgan fingerprint density at radius 2 is 2.29 bits per heavy atom. The fraction of sp³-hybridized carbons (Fsp3) is 0.333. The van der Waals surface area contributed by atoms with Crippen molar-refractivity contribution < 1.29 is 4.21 Å². The molecule has 5 nitrogen and oxygen atoms in total. The van der Waals surface area contributed by atoms with E-state index in [1.807, 2.05) is 22.8 Å². The third-order valence-corrected chi connectivity index (χ3v) is 5.34. The van der Waals surface area contributed by atoms with Crippen LogP contribution in [0.2, 0.25) is 0 Å². The number of hydrogen-bond donors (Lipinski definition) is 1. The van der Waals surface area contributed by atoms with Crippen LogP contribution in [0.1, 0.15) is 17.9 Å². The van der Waals surface area contributed by atoms with E-state index in [0.717, 1.165) is 36.1 Å². The highest BCUT2D eigenvalue weighted by Gasteiger charge is 2.27. The van der Waals surface area contributed by atoms with Gasteiger partial charge in [-0.1, -0.05) is 0 Å². The number of fused-ring (bicyclic) bond motifs is 3. The zero-order chi connectivity index (χ0) is 14.4. The summed E-state index contributed by atoms with van der Waals surface area (Å²) in [6.07, 6.45) is 8.40. The fourth-order valence-corrected chi connectivity index (χ4v) is 3.99. The van der Waals surface area contributed by atoms with Crippen LogP contribution in [0, 0.1) is 0 Å². The highest BCUT2D eigenvalue weighted by molar-refractivity contribution is 7.81. The summed E-state index contributed by atoms with van der Waals surface area (Å²) in [5, 5.41) is 2.30. The van der Waals surface area contributed by atoms with Crippen molar-refractivity contribution in [2.75, 3.05) is 19.3 Å². The van der Waals surface area contributed by atoms with Crippen LogP contribution in [0.5, 0.6) is 0 Å². The van der Waals surface area contributed by atoms with Gasteiger partial charge >= 0.3 is 0 Å². The standard InChI is InChI=1S/C15H16N4OS/c1-21(20)19-7-4-10(9-19)11-2-5-16-13-8-18-15-12(14(11)13)3-6-17-15/h2-3,5-6,8,10,16H,4,7,9H2,1H3. The van der Waals surface area contributed by atoms with Gasteiger partial charge in [0.2, 0.25) is 0 Å². The van der Waals surface area contributed by atoms with Crippen molar-refractivity contribution in [1.82, 2.24) is 19.3 Å². The minimum atomic E-state index is -0.888. The molecule has 0 spiro atoms. The van der Waals surface area contributed by atoms with E-state index in [1.54, 1.807) is 12.5 Å². The van der Waals surface area contributed by atoms with Gasteiger partial charge in [-0.05, 0) is 30.0 Å². The Bertz CT molecular complexity index is 844. The van der Waals surface area contributed by atoms with Gasteiger partial charge in [-0.2, -0.15) is 0 Å². The fourth-order valence-electron chi connectivity index (χ4n) is 3.24. The molecule has 0 bridgehead atoms. The Kier molecular flexibility index (Phi) is 3.01. The maximum Gasteiger partial charge on any atom is 0.159 e. The van der Waals surface area contributed by atoms with Crippen molar-refractivity contribution in [3.05, 3.63) is 36.3 Å². The summed E-state index contributed by atoms with van der Waals surface area (Å²) in [4.78, 5) is 11.9. The zero-order valence-corrected chi connectivity index (χ0v) is 12.6. The number of nitrogens with one attached hydrogen (secondary N) is 1. The second-order valence-electron chi connectivity index (χ2n) is 5.46. The Morgan fingerprint density at radius 1 is 1.38 bits per heavy atom. The molecule has 2 atom stereocenters. The minimum Gasteiger partial charge on any atom is -0.360 e. The van der Waals surface area contributed by atoms with Gasteiger partial charge in [0.25, 0.3) is 0 Å². The first-order valence-corrected chi connectivity index (χ1v) is 8.55. The summed E-state index contributed by atoms with van der Waals surface area (Å²) in [7, 11) is -0.888. The van der Waals surface area contributed by atoms with Gasteiger partial charge in [0, 0.05) is 42.5 Å². The first-order valence-electron chi connectivity index (χ1n) is 7.03. The molecule has 2 unspecified atom stereocenters. The Morgan fingerprint density at radius 3 is 3.10 bits per heavy atom. The molecule has 1 aliphatic heterocycles. The molecule has 3 aromatic rings. The van der Waals surface area contributed by atoms with E-state index in [2.05, 4.69) is 21.0 Å². The molecule has 0 amide bonds. The molecule has 4 rings (SSSR count). The largest absolute Gasteiger partial charge is 0.360 e. The predicted octanol–water partition coefficient (Wildman–Crippen LogP) is 2.19. The van der Waals surface area contributed by atoms with E-state index >= 15 is 0 Å². The first-order chi connectivity index (χ1) is 10.2. The molecule has 108 valence electrons. The number of aromatic amines is 1. The molecule has 1 saturated heterocycles. The second-order valence-corrected chi connectivity index (χ2v) is 6.82. The maximum absolute atomic E-state index is 11.7. The zero-order valence-electron chi connectivity index (χ0n) is 11.7. The molecular weight excluding hydrogens is 284 g/mol. The van der Waals surface area contributed by atoms with Crippen molar-refractivity contribution in [3.8, 4) is 0 Å². The van der Waals surface area contributed by atoms with E-state index < -0.39 is 11.0 Å². The highest BCUT2D eigenvalue weighted by Crippen LogP contribution is 2.34. The Balaban J connectivity index is 1.89. The maximum atomic E-state index is 11.7. The van der Waals surface area contributed by atoms with Crippen LogP contribution in [-0.2, 0) is 11.0 Å². The van der Waals surface area contributed by atoms with E-state index in [9.17, 15) is 4.21 Å². The van der Waals surface area contributed by atoms with Crippen LogP contribution in [-0.4, -0.2) is 42.8 Å². The van der Waals surface area contributed by atoms with Gasteiger partial charge in [0.1, 0.15) is 0 Å². The van der Waals surface area contributed by atoms with Gasteiger partial charge in [-0.25, -0.2) is 18.5 Å². The SMILES string of the molecule is CS(=O)N1CCC(c2cc[nH]c3cnc4nccc4c23)C1. The quantitative estimate of drug-likeness (QED) is 0.789. The molecule has 0 aliphatic carbocycles. The highest BCUT2D eigenvalue weighted by atomic mass is 32.2. The third-order valence-electron chi connectivity index (χ3n) is 4.28. The molecule has 3 aromatic heterocycles. The number of hydrogen-bond acceptors (Lipinski definition) is 3. The Hall–Kier alpha value is -1.79. The summed E-state index contributed by atoms with van der Waals surface area (Å²) >= 11 is 0. The number of nitrogens with zero attached hydrogens (tertiary/aromatic N) is 3. The summed E-state index contributed by atoms with van der Waals surface area (Å²) in [6.45, 7) is 1.74. The predicted molar refractivity (Wildman–Crippen MR) is 84.4 cm³/mol. The molecule has 1 aliphatic rings. The van der Waals surface area contributed by atoms with Gasteiger partial charge < -0.3 is 4.98 Å². The van der Waals surface area contributed by atoms with Crippen molar-refractivity contribution in [2.24, 2.45) is 0 Å². The smallest absolute Gasteiger partial charge is 0.159 e. The topological polar surface area (TPSA) is 61.9 Å². The third kappa shape index (κ3) is 2.06. The van der Waals surface area contributed by atoms with E-state index in [0.29, 0.717) is 5.92 Å². The molecule has 0 aromatic carbocycles. The molecular formula is C15H16N4OS. The van der Waals surface area contributed by atoms with Gasteiger partial charge in [-0.15, -0.1) is 0 Å². The van der Waals surface area contributed by atoms with E-state index in [4.69, 9.17) is 0 Å². The van der Waals surface area contributed by atoms with Crippen LogP contribution in [0.25, 0.3) is 21.9 Å². The van der Waals surface area contributed by atoms with Crippen LogP contribution in [0.15, 0.2) is 30.7 Å². The summed E-state index contributed by atoms with van der Waals surface area (Å²) in [5.74, 6) is 0.409. The van der Waals surface area contributed by atoms with Crippen molar-refractivity contribution in [2.45, 2.75) is 12.3 Å². The number of rotatable bonds is 2. The lowest BCUT2D eigenvalue weighted by atomic mass is 9.94. The molecule has 6 heteroatoms. The van der Waals surface area contributed by atoms with Crippen LogP contribution >= 0.6 is 0 Å². The van der Waals surface area contributed by atoms with Crippen LogP contribution in [0.4, 0.5) is 0 Å². The molecule has 0 saturated carbocycles. The van der Waals surface area contributed by atoms with Crippen molar-refractivity contribution in [1.29, 1.82) is 0 Å². The number of aromatic nitrogens is 3. The molecule has 1 fully saturated rings. The monoisotopic (exact) mass is 300 g/mol. The van der Waals surface area contributed by atoms with Crippen LogP contribution in [0.3, 0.4) is 0 Å². The molecule has 0 radical (unpaired) electrons. The van der Waals surface area contributed by atoms with Crippen molar-refractivity contribution in [3.63, 3.8) is 0 Å². The van der Waals surface area contributed by atoms with Crippen molar-refractivity contribution >= 4 is 32.9 Å². The van der Waals surface area contributed by atoms with E-state index in [1.165, 1.54) is 10.9 Å². The summed E-state index contributed by atoms with van der Waals surface area (Å²) < 4.78 is 13.7. The first kappa shape index (κ1) is 12.9. The molecule has 1 N–H and O–H groups in total. The summed E-state index contributed by atoms with van der Waals surface area (Å²) in [6, 6.07) is 4.16. The Labute approximate surface area is 125 Å². The lowest BCUT2D eigenvalue weighted by Gasteiger charge is -2.15. The average molecular weight is 300 g/mol. The number of H-pyrrole nitrogens is 1. The normalized spacial score (nSPS) is 21.3. The lowest BCUT2D eigenvalue weighted by molar-refractivity contribution is 0.533. The minimum absolute atomic E-state index is 0.409. The summed E-state index contributed by atoms with van der Waals surface area (Å²) in [5.41, 5.74) is 3.12. The number of pyridine rings is 2. The average Bonchev–Trinajstić information content (AvgIpc) is 3.15. The van der Waals surface area contributed by atoms with Gasteiger partial charge in [-0.3, -0.25) is 0 Å². The second kappa shape index (κ2) is 4.89. The molecule has 21 heavy (non-hydrogen) atoms. The van der Waals surface area contributed by atoms with Gasteiger partial charge in [0.15, 0.2) is 5.65 Å². The molecule has 4 heterocycles. The lowest BCUT2D eigenvalue weighted by Crippen LogP contribution is -2.21. The van der Waals surface area contributed by atoms with Crippen LogP contribution < -0.4 is 0 Å².